The highest BCUT2D eigenvalue weighted by molar-refractivity contribution is 6.36. The Morgan fingerprint density at radius 2 is 1.96 bits per heavy atom. The van der Waals surface area contributed by atoms with E-state index < -0.39 is 0 Å². The summed E-state index contributed by atoms with van der Waals surface area (Å²) in [4.78, 5) is 24.1. The van der Waals surface area contributed by atoms with Crippen molar-refractivity contribution in [2.75, 3.05) is 0 Å². The molecule has 0 amide bonds. The van der Waals surface area contributed by atoms with Crippen molar-refractivity contribution in [1.29, 1.82) is 0 Å². The topological polar surface area (TPSA) is 67.9 Å². The number of aromatic amines is 1. The zero-order valence-electron chi connectivity index (χ0n) is 13.9. The first-order chi connectivity index (χ1) is 12.6. The number of nitrogens with one attached hydrogen (secondary N) is 1. The van der Waals surface area contributed by atoms with Gasteiger partial charge in [0.25, 0.3) is 0 Å². The molecule has 26 heavy (non-hydrogen) atoms. The minimum Gasteiger partial charge on any atom is -0.457 e. The van der Waals surface area contributed by atoms with Crippen molar-refractivity contribution >= 4 is 28.4 Å². The normalized spacial score (nSPS) is 10.8. The molecule has 5 nitrogen and oxygen atoms in total. The number of aryl methyl sites for hydroxylation is 1. The van der Waals surface area contributed by atoms with Crippen molar-refractivity contribution < 1.29 is 9.53 Å². The number of rotatable bonds is 4. The van der Waals surface area contributed by atoms with E-state index >= 15 is 0 Å². The maximum atomic E-state index is 13.0. The van der Waals surface area contributed by atoms with Gasteiger partial charge in [0.1, 0.15) is 23.5 Å². The summed E-state index contributed by atoms with van der Waals surface area (Å²) in [6.45, 7) is 1.84. The van der Waals surface area contributed by atoms with Gasteiger partial charge in [-0.25, -0.2) is 9.97 Å². The van der Waals surface area contributed by atoms with Gasteiger partial charge in [0.05, 0.1) is 10.6 Å². The molecule has 1 N–H and O–H groups in total. The van der Waals surface area contributed by atoms with E-state index in [9.17, 15) is 4.79 Å². The number of para-hydroxylation sites is 1. The van der Waals surface area contributed by atoms with Gasteiger partial charge in [-0.05, 0) is 30.7 Å². The number of carbonyl (C=O) groups excluding carboxylic acids is 1. The van der Waals surface area contributed by atoms with Gasteiger partial charge >= 0.3 is 0 Å². The van der Waals surface area contributed by atoms with Crippen molar-refractivity contribution in [2.45, 2.75) is 6.92 Å². The van der Waals surface area contributed by atoms with Crippen molar-refractivity contribution in [3.63, 3.8) is 0 Å². The molecule has 4 rings (SSSR count). The van der Waals surface area contributed by atoms with E-state index in [2.05, 4.69) is 15.0 Å². The lowest BCUT2D eigenvalue weighted by Gasteiger charge is -2.11. The van der Waals surface area contributed by atoms with Crippen LogP contribution in [-0.4, -0.2) is 20.7 Å². The summed E-state index contributed by atoms with van der Waals surface area (Å²) in [5.41, 5.74) is 2.28. The summed E-state index contributed by atoms with van der Waals surface area (Å²) in [5.74, 6) is 1.10. The van der Waals surface area contributed by atoms with E-state index in [1.54, 1.807) is 24.5 Å². The molecule has 0 atom stereocenters. The van der Waals surface area contributed by atoms with Crippen molar-refractivity contribution in [3.05, 3.63) is 82.9 Å². The second-order valence-electron chi connectivity index (χ2n) is 5.83. The quantitative estimate of drug-likeness (QED) is 0.521. The Bertz CT molecular complexity index is 1080. The third-order valence-electron chi connectivity index (χ3n) is 4.07. The third kappa shape index (κ3) is 2.93. The number of halogens is 1. The molecule has 2 aromatic carbocycles. The fraction of sp³-hybridized carbons (Fsp3) is 0.0500. The molecule has 0 aliphatic rings. The predicted molar refractivity (Wildman–Crippen MR) is 100 cm³/mol. The lowest BCUT2D eigenvalue weighted by molar-refractivity contribution is 0.104. The summed E-state index contributed by atoms with van der Waals surface area (Å²) in [6.07, 6.45) is 4.68. The van der Waals surface area contributed by atoms with Crippen LogP contribution in [0.2, 0.25) is 5.02 Å². The number of ether oxygens (including phenoxy) is 1. The Morgan fingerprint density at radius 3 is 2.73 bits per heavy atom. The highest BCUT2D eigenvalue weighted by Crippen LogP contribution is 2.32. The van der Waals surface area contributed by atoms with Crippen molar-refractivity contribution in [2.24, 2.45) is 0 Å². The van der Waals surface area contributed by atoms with Crippen LogP contribution in [0.3, 0.4) is 0 Å². The van der Waals surface area contributed by atoms with E-state index in [0.29, 0.717) is 38.7 Å². The first kappa shape index (κ1) is 16.3. The number of carbonyl (C=O) groups is 1. The Hall–Kier alpha value is -3.18. The monoisotopic (exact) mass is 363 g/mol. The number of aromatic nitrogens is 3. The van der Waals surface area contributed by atoms with Gasteiger partial charge in [-0.2, -0.15) is 0 Å². The number of benzene rings is 2. The summed E-state index contributed by atoms with van der Waals surface area (Å²) in [5, 5.41) is 1.00. The van der Waals surface area contributed by atoms with E-state index in [-0.39, 0.29) is 5.78 Å². The van der Waals surface area contributed by atoms with E-state index in [4.69, 9.17) is 16.3 Å². The van der Waals surface area contributed by atoms with Gasteiger partial charge in [0.2, 0.25) is 0 Å². The lowest BCUT2D eigenvalue weighted by Crippen LogP contribution is -2.05. The molecule has 128 valence electrons. The van der Waals surface area contributed by atoms with Crippen LogP contribution in [0.25, 0.3) is 11.0 Å². The zero-order valence-corrected chi connectivity index (χ0v) is 14.6. The number of hydrogen-bond acceptors (Lipinski definition) is 4. The highest BCUT2D eigenvalue weighted by atomic mass is 35.5. The molecule has 6 heteroatoms. The van der Waals surface area contributed by atoms with Gasteiger partial charge in [-0.15, -0.1) is 0 Å². The maximum absolute atomic E-state index is 13.0. The average molecular weight is 364 g/mol. The van der Waals surface area contributed by atoms with Crippen LogP contribution >= 0.6 is 11.6 Å². The summed E-state index contributed by atoms with van der Waals surface area (Å²) < 4.78 is 5.81. The van der Waals surface area contributed by atoms with Crippen LogP contribution in [0.15, 0.2) is 61.2 Å². The smallest absolute Gasteiger partial charge is 0.197 e. The fourth-order valence-electron chi connectivity index (χ4n) is 2.87. The van der Waals surface area contributed by atoms with E-state index in [1.807, 2.05) is 37.3 Å². The predicted octanol–water partition coefficient (Wildman–Crippen LogP) is 4.94. The molecule has 0 unspecified atom stereocenters. The Labute approximate surface area is 154 Å². The second kappa shape index (κ2) is 6.61. The Balaban J connectivity index is 1.72. The minimum atomic E-state index is -0.181. The zero-order chi connectivity index (χ0) is 18.1. The molecule has 2 aromatic heterocycles. The number of nitrogens with zero attached hydrogens (tertiary/aromatic N) is 2. The van der Waals surface area contributed by atoms with Crippen molar-refractivity contribution in [3.8, 4) is 11.5 Å². The molecule has 0 bridgehead atoms. The van der Waals surface area contributed by atoms with Gasteiger partial charge in [0, 0.05) is 29.4 Å². The molecule has 0 aliphatic heterocycles. The van der Waals surface area contributed by atoms with Crippen LogP contribution in [-0.2, 0) is 0 Å². The standard InChI is InChI=1S/C20H14ClN3O2/c1-12-7-14(26-13-5-3-2-4-6-13)8-17(21)18(12)19(25)15-10-23-20-16(15)9-22-11-24-20/h2-11H,1H3,(H,22,23,24). The molecule has 0 saturated heterocycles. The first-order valence-electron chi connectivity index (χ1n) is 7.98. The lowest BCUT2D eigenvalue weighted by atomic mass is 9.99. The molecule has 0 saturated carbocycles. The molecular weight excluding hydrogens is 350 g/mol. The molecule has 0 radical (unpaired) electrons. The fourth-order valence-corrected chi connectivity index (χ4v) is 3.21. The molecule has 0 spiro atoms. The molecule has 0 fully saturated rings. The number of H-pyrrole nitrogens is 1. The number of ketones is 1. The van der Waals surface area contributed by atoms with E-state index in [0.717, 1.165) is 5.56 Å². The maximum Gasteiger partial charge on any atom is 0.197 e. The summed E-state index contributed by atoms with van der Waals surface area (Å²) in [7, 11) is 0. The molecule has 0 aliphatic carbocycles. The number of fused-ring (bicyclic) bond motifs is 1. The summed E-state index contributed by atoms with van der Waals surface area (Å²) >= 11 is 6.42. The first-order valence-corrected chi connectivity index (χ1v) is 8.36. The van der Waals surface area contributed by atoms with Crippen LogP contribution < -0.4 is 4.74 Å². The second-order valence-corrected chi connectivity index (χ2v) is 6.24. The molecular formula is C20H14ClN3O2. The molecule has 2 heterocycles. The van der Waals surface area contributed by atoms with Crippen LogP contribution in [0, 0.1) is 6.92 Å². The van der Waals surface area contributed by atoms with Gasteiger partial charge < -0.3 is 9.72 Å². The third-order valence-corrected chi connectivity index (χ3v) is 4.37. The number of hydrogen-bond donors (Lipinski definition) is 1. The Morgan fingerprint density at radius 1 is 1.15 bits per heavy atom. The SMILES string of the molecule is Cc1cc(Oc2ccccc2)cc(Cl)c1C(=O)c1c[nH]c2ncncc12. The van der Waals surface area contributed by atoms with Crippen LogP contribution in [0.4, 0.5) is 0 Å². The average Bonchev–Trinajstić information content (AvgIpc) is 3.06. The van der Waals surface area contributed by atoms with Gasteiger partial charge in [0.15, 0.2) is 5.78 Å². The minimum absolute atomic E-state index is 0.181. The van der Waals surface area contributed by atoms with Gasteiger partial charge in [-0.3, -0.25) is 4.79 Å². The van der Waals surface area contributed by atoms with Gasteiger partial charge in [-0.1, -0.05) is 29.8 Å². The summed E-state index contributed by atoms with van der Waals surface area (Å²) in [6, 6.07) is 12.9. The van der Waals surface area contributed by atoms with E-state index in [1.165, 1.54) is 6.33 Å². The molecule has 4 aromatic rings. The van der Waals surface area contributed by atoms with Crippen LogP contribution in [0.1, 0.15) is 21.5 Å². The van der Waals surface area contributed by atoms with Crippen molar-refractivity contribution in [1.82, 2.24) is 15.0 Å². The highest BCUT2D eigenvalue weighted by Gasteiger charge is 2.20. The van der Waals surface area contributed by atoms with Crippen LogP contribution in [0.5, 0.6) is 11.5 Å². The Kier molecular flexibility index (Phi) is 4.14. The largest absolute Gasteiger partial charge is 0.457 e.